The van der Waals surface area contributed by atoms with Crippen molar-refractivity contribution in [1.29, 1.82) is 0 Å². The van der Waals surface area contributed by atoms with Crippen LogP contribution in [0.2, 0.25) is 5.02 Å². The molecule has 0 atom stereocenters. The van der Waals surface area contributed by atoms with E-state index in [2.05, 4.69) is 5.32 Å². The van der Waals surface area contributed by atoms with Gasteiger partial charge < -0.3 is 14.5 Å². The van der Waals surface area contributed by atoms with Crippen molar-refractivity contribution in [1.82, 2.24) is 0 Å². The number of esters is 1. The van der Waals surface area contributed by atoms with Gasteiger partial charge in [-0.25, -0.2) is 4.79 Å². The fourth-order valence-corrected chi connectivity index (χ4v) is 3.27. The molecule has 6 heteroatoms. The van der Waals surface area contributed by atoms with Crippen LogP contribution in [0.1, 0.15) is 27.8 Å². The van der Waals surface area contributed by atoms with Crippen molar-refractivity contribution in [2.75, 3.05) is 11.9 Å². The first kappa shape index (κ1) is 18.1. The number of benzene rings is 3. The van der Waals surface area contributed by atoms with Crippen LogP contribution < -0.4 is 5.32 Å². The lowest BCUT2D eigenvalue weighted by Crippen LogP contribution is -2.12. The molecule has 0 fully saturated rings. The minimum absolute atomic E-state index is 0.178. The molecule has 1 heterocycles. The highest BCUT2D eigenvalue weighted by molar-refractivity contribution is 6.34. The van der Waals surface area contributed by atoms with Crippen LogP contribution >= 0.6 is 11.6 Å². The zero-order valence-electron chi connectivity index (χ0n) is 15.0. The Balaban J connectivity index is 1.62. The van der Waals surface area contributed by atoms with Crippen molar-refractivity contribution in [3.8, 4) is 0 Å². The second kappa shape index (κ2) is 7.37. The normalized spacial score (nSPS) is 10.9. The summed E-state index contributed by atoms with van der Waals surface area (Å²) >= 11 is 6.21. The highest BCUT2D eigenvalue weighted by Crippen LogP contribution is 2.29. The second-order valence-electron chi connectivity index (χ2n) is 6.18. The molecule has 5 nitrogen and oxygen atoms in total. The maximum Gasteiger partial charge on any atom is 0.338 e. The van der Waals surface area contributed by atoms with Gasteiger partial charge in [-0.2, -0.15) is 0 Å². The van der Waals surface area contributed by atoms with Crippen molar-refractivity contribution in [2.24, 2.45) is 0 Å². The van der Waals surface area contributed by atoms with E-state index in [9.17, 15) is 9.59 Å². The molecule has 1 N–H and O–H groups in total. The van der Waals surface area contributed by atoms with Crippen molar-refractivity contribution in [3.63, 3.8) is 0 Å². The van der Waals surface area contributed by atoms with Gasteiger partial charge in [0.2, 0.25) is 0 Å². The topological polar surface area (TPSA) is 68.5 Å². The summed E-state index contributed by atoms with van der Waals surface area (Å²) in [6.45, 7) is 2.00. The van der Waals surface area contributed by atoms with E-state index in [0.29, 0.717) is 16.8 Å². The molecule has 4 aromatic rings. The van der Waals surface area contributed by atoms with Gasteiger partial charge in [-0.3, -0.25) is 4.79 Å². The molecule has 0 unspecified atom stereocenters. The zero-order chi connectivity index (χ0) is 19.7. The van der Waals surface area contributed by atoms with Crippen molar-refractivity contribution < 1.29 is 18.7 Å². The third-order valence-corrected chi connectivity index (χ3v) is 4.69. The summed E-state index contributed by atoms with van der Waals surface area (Å²) < 4.78 is 10.7. The van der Waals surface area contributed by atoms with E-state index in [1.807, 2.05) is 36.4 Å². The SMILES string of the molecule is CCOC(=O)c1ccc(NC(=O)c2cc3c(ccc4ccccc43)o2)c(Cl)c1. The second-order valence-corrected chi connectivity index (χ2v) is 6.59. The summed E-state index contributed by atoms with van der Waals surface area (Å²) in [5.74, 6) is -0.714. The first-order chi connectivity index (χ1) is 13.6. The standard InChI is InChI=1S/C22H16ClNO4/c1-2-27-22(26)14-7-9-18(17(23)11-14)24-21(25)20-12-16-15-6-4-3-5-13(15)8-10-19(16)28-20/h3-12H,2H2,1H3,(H,24,25). The van der Waals surface area contributed by atoms with Gasteiger partial charge in [0.05, 0.1) is 22.9 Å². The number of nitrogens with one attached hydrogen (secondary N) is 1. The number of fused-ring (bicyclic) bond motifs is 3. The summed E-state index contributed by atoms with van der Waals surface area (Å²) in [4.78, 5) is 24.4. The molecule has 4 rings (SSSR count). The highest BCUT2D eigenvalue weighted by atomic mass is 35.5. The number of amides is 1. The maximum atomic E-state index is 12.6. The monoisotopic (exact) mass is 393 g/mol. The predicted molar refractivity (Wildman–Crippen MR) is 109 cm³/mol. The average Bonchev–Trinajstić information content (AvgIpc) is 3.14. The molecule has 0 saturated heterocycles. The molecule has 0 bridgehead atoms. The summed E-state index contributed by atoms with van der Waals surface area (Å²) in [6.07, 6.45) is 0. The van der Waals surface area contributed by atoms with Gasteiger partial charge in [0.1, 0.15) is 5.58 Å². The minimum Gasteiger partial charge on any atom is -0.462 e. The Bertz CT molecular complexity index is 1210. The van der Waals surface area contributed by atoms with E-state index in [-0.39, 0.29) is 17.4 Å². The summed E-state index contributed by atoms with van der Waals surface area (Å²) in [5.41, 5.74) is 1.33. The molecule has 0 spiro atoms. The number of carbonyl (C=O) groups is 2. The number of hydrogen-bond acceptors (Lipinski definition) is 4. The quantitative estimate of drug-likeness (QED) is 0.453. The van der Waals surface area contributed by atoms with E-state index < -0.39 is 11.9 Å². The lowest BCUT2D eigenvalue weighted by molar-refractivity contribution is 0.0526. The minimum atomic E-state index is -0.466. The molecular formula is C22H16ClNO4. The van der Waals surface area contributed by atoms with Crippen LogP contribution in [0.25, 0.3) is 21.7 Å². The van der Waals surface area contributed by atoms with Gasteiger partial charge in [0.15, 0.2) is 5.76 Å². The zero-order valence-corrected chi connectivity index (χ0v) is 15.7. The van der Waals surface area contributed by atoms with Crippen LogP contribution in [0.4, 0.5) is 5.69 Å². The van der Waals surface area contributed by atoms with Gasteiger partial charge in [0.25, 0.3) is 5.91 Å². The molecule has 0 aliphatic carbocycles. The van der Waals surface area contributed by atoms with Crippen LogP contribution in [0.5, 0.6) is 0 Å². The van der Waals surface area contributed by atoms with Gasteiger partial charge in [-0.1, -0.05) is 41.9 Å². The molecule has 0 aliphatic rings. The van der Waals surface area contributed by atoms with Crippen LogP contribution in [0.3, 0.4) is 0 Å². The van der Waals surface area contributed by atoms with Crippen molar-refractivity contribution in [2.45, 2.75) is 6.92 Å². The summed E-state index contributed by atoms with van der Waals surface area (Å²) in [5, 5.41) is 5.90. The lowest BCUT2D eigenvalue weighted by atomic mass is 10.1. The molecule has 1 amide bonds. The third-order valence-electron chi connectivity index (χ3n) is 4.38. The Kier molecular flexibility index (Phi) is 4.75. The Morgan fingerprint density at radius 3 is 2.64 bits per heavy atom. The first-order valence-corrected chi connectivity index (χ1v) is 9.14. The summed E-state index contributed by atoms with van der Waals surface area (Å²) in [6, 6.07) is 18.0. The maximum absolute atomic E-state index is 12.6. The smallest absolute Gasteiger partial charge is 0.338 e. The van der Waals surface area contributed by atoms with E-state index in [4.69, 9.17) is 20.8 Å². The number of hydrogen-bond donors (Lipinski definition) is 1. The van der Waals surface area contributed by atoms with Crippen LogP contribution in [-0.2, 0) is 4.74 Å². The molecular weight excluding hydrogens is 378 g/mol. The number of rotatable bonds is 4. The lowest BCUT2D eigenvalue weighted by Gasteiger charge is -2.07. The Labute approximate surface area is 165 Å². The fraction of sp³-hybridized carbons (Fsp3) is 0.0909. The number of halogens is 1. The fourth-order valence-electron chi connectivity index (χ4n) is 3.05. The third kappa shape index (κ3) is 3.32. The van der Waals surface area contributed by atoms with E-state index >= 15 is 0 Å². The van der Waals surface area contributed by atoms with E-state index in [0.717, 1.165) is 16.2 Å². The number of anilines is 1. The van der Waals surface area contributed by atoms with Crippen molar-refractivity contribution >= 4 is 50.9 Å². The average molecular weight is 394 g/mol. The summed E-state index contributed by atoms with van der Waals surface area (Å²) in [7, 11) is 0. The Morgan fingerprint density at radius 2 is 1.86 bits per heavy atom. The van der Waals surface area contributed by atoms with Gasteiger partial charge in [-0.15, -0.1) is 0 Å². The van der Waals surface area contributed by atoms with Crippen LogP contribution in [-0.4, -0.2) is 18.5 Å². The number of carbonyl (C=O) groups excluding carboxylic acids is 2. The van der Waals surface area contributed by atoms with Crippen molar-refractivity contribution in [3.05, 3.63) is 77.0 Å². The predicted octanol–water partition coefficient (Wildman–Crippen LogP) is 5.67. The Morgan fingerprint density at radius 1 is 1.04 bits per heavy atom. The van der Waals surface area contributed by atoms with Crippen LogP contribution in [0, 0.1) is 0 Å². The largest absolute Gasteiger partial charge is 0.462 e. The first-order valence-electron chi connectivity index (χ1n) is 8.76. The molecule has 1 aromatic heterocycles. The van der Waals surface area contributed by atoms with Crippen LogP contribution in [0.15, 0.2) is 65.1 Å². The number of ether oxygens (including phenoxy) is 1. The molecule has 3 aromatic carbocycles. The van der Waals surface area contributed by atoms with E-state index in [1.165, 1.54) is 6.07 Å². The number of furan rings is 1. The highest BCUT2D eigenvalue weighted by Gasteiger charge is 2.16. The van der Waals surface area contributed by atoms with Gasteiger partial charge in [0, 0.05) is 5.39 Å². The Hall–Kier alpha value is -3.31. The van der Waals surface area contributed by atoms with E-state index in [1.54, 1.807) is 25.1 Å². The van der Waals surface area contributed by atoms with Gasteiger partial charge >= 0.3 is 5.97 Å². The van der Waals surface area contributed by atoms with Gasteiger partial charge in [-0.05, 0) is 48.0 Å². The molecule has 0 radical (unpaired) electrons. The molecule has 140 valence electrons. The molecule has 28 heavy (non-hydrogen) atoms. The molecule has 0 aliphatic heterocycles. The molecule has 0 saturated carbocycles.